The lowest BCUT2D eigenvalue weighted by molar-refractivity contribution is 0.0949. The van der Waals surface area contributed by atoms with Gasteiger partial charge in [0, 0.05) is 23.3 Å². The highest BCUT2D eigenvalue weighted by Crippen LogP contribution is 2.28. The molecule has 0 aliphatic carbocycles. The first-order chi connectivity index (χ1) is 13.3. The van der Waals surface area contributed by atoms with Gasteiger partial charge in [0.25, 0.3) is 11.8 Å². The van der Waals surface area contributed by atoms with Gasteiger partial charge in [0.05, 0.1) is 19.9 Å². The summed E-state index contributed by atoms with van der Waals surface area (Å²) in [5.74, 6) is 1.00. The average molecular weight is 361 g/mol. The number of nitrogens with zero attached hydrogens (tertiary/aromatic N) is 4. The number of hydrogen-bond donors (Lipinski definition) is 1. The number of methoxy groups -OCH3 is 1. The Bertz CT molecular complexity index is 1090. The number of amides is 1. The van der Waals surface area contributed by atoms with Crippen LogP contribution >= 0.6 is 0 Å². The molecule has 2 heterocycles. The monoisotopic (exact) mass is 361 g/mol. The van der Waals surface area contributed by atoms with Crippen molar-refractivity contribution in [2.75, 3.05) is 7.11 Å². The predicted molar refractivity (Wildman–Crippen MR) is 97.0 cm³/mol. The number of ether oxygens (including phenoxy) is 1. The minimum absolute atomic E-state index is 0.104. The van der Waals surface area contributed by atoms with Gasteiger partial charge in [0.15, 0.2) is 0 Å². The molecule has 2 aromatic heterocycles. The summed E-state index contributed by atoms with van der Waals surface area (Å²) in [6.45, 7) is 0.104. The molecule has 2 aromatic carbocycles. The third-order valence-electron chi connectivity index (χ3n) is 4.00. The van der Waals surface area contributed by atoms with E-state index in [1.165, 1.54) is 12.4 Å². The summed E-state index contributed by atoms with van der Waals surface area (Å²) in [5.41, 5.74) is 1.02. The molecule has 27 heavy (non-hydrogen) atoms. The van der Waals surface area contributed by atoms with Crippen LogP contribution < -0.4 is 10.1 Å². The smallest absolute Gasteiger partial charge is 0.267 e. The second-order valence-electron chi connectivity index (χ2n) is 5.64. The fourth-order valence-electron chi connectivity index (χ4n) is 2.74. The van der Waals surface area contributed by atoms with Gasteiger partial charge in [-0.05, 0) is 17.5 Å². The topological polar surface area (TPSA) is 103 Å². The van der Waals surface area contributed by atoms with E-state index in [1.807, 2.05) is 24.3 Å². The number of nitrogens with one attached hydrogen (secondary N) is 1. The van der Waals surface area contributed by atoms with Crippen LogP contribution in [0.2, 0.25) is 0 Å². The van der Waals surface area contributed by atoms with Gasteiger partial charge < -0.3 is 14.5 Å². The van der Waals surface area contributed by atoms with E-state index in [-0.39, 0.29) is 24.2 Å². The summed E-state index contributed by atoms with van der Waals surface area (Å²) in [7, 11) is 1.60. The third kappa shape index (κ3) is 3.32. The molecule has 4 rings (SSSR count). The van der Waals surface area contributed by atoms with Crippen molar-refractivity contribution >= 4 is 16.7 Å². The highest BCUT2D eigenvalue weighted by molar-refractivity contribution is 6.08. The summed E-state index contributed by atoms with van der Waals surface area (Å²) in [6, 6.07) is 11.1. The molecule has 0 unspecified atom stereocenters. The van der Waals surface area contributed by atoms with Crippen molar-refractivity contribution < 1.29 is 13.9 Å². The Morgan fingerprint density at radius 2 is 1.96 bits per heavy atom. The highest BCUT2D eigenvalue weighted by atomic mass is 16.5. The fourth-order valence-corrected chi connectivity index (χ4v) is 2.74. The minimum atomic E-state index is -0.242. The second kappa shape index (κ2) is 7.20. The van der Waals surface area contributed by atoms with Crippen LogP contribution in [0.3, 0.4) is 0 Å². The van der Waals surface area contributed by atoms with Crippen LogP contribution in [0.1, 0.15) is 16.2 Å². The zero-order valence-electron chi connectivity index (χ0n) is 14.4. The Labute approximate surface area is 154 Å². The molecule has 1 amide bonds. The van der Waals surface area contributed by atoms with Crippen molar-refractivity contribution in [1.29, 1.82) is 0 Å². The first-order valence-corrected chi connectivity index (χ1v) is 8.19. The van der Waals surface area contributed by atoms with Gasteiger partial charge in [-0.1, -0.05) is 24.3 Å². The van der Waals surface area contributed by atoms with Crippen molar-refractivity contribution in [2.45, 2.75) is 6.54 Å². The minimum Gasteiger partial charge on any atom is -0.496 e. The van der Waals surface area contributed by atoms with Crippen LogP contribution in [0.15, 0.2) is 59.4 Å². The first-order valence-electron chi connectivity index (χ1n) is 8.19. The van der Waals surface area contributed by atoms with E-state index < -0.39 is 0 Å². The van der Waals surface area contributed by atoms with Gasteiger partial charge in [-0.3, -0.25) is 9.78 Å². The SMILES string of the molecule is COc1ccc(C(=O)NCc2nnc(-c3cnccn3)o2)c2ccccc12. The van der Waals surface area contributed by atoms with Crippen LogP contribution in [0.25, 0.3) is 22.4 Å². The summed E-state index contributed by atoms with van der Waals surface area (Å²) in [6.07, 6.45) is 4.62. The number of benzene rings is 2. The molecule has 8 nitrogen and oxygen atoms in total. The molecule has 1 N–H and O–H groups in total. The second-order valence-corrected chi connectivity index (χ2v) is 5.64. The van der Waals surface area contributed by atoms with Crippen molar-refractivity contribution in [3.63, 3.8) is 0 Å². The fraction of sp³-hybridized carbons (Fsp3) is 0.105. The van der Waals surface area contributed by atoms with Crippen LogP contribution in [0.5, 0.6) is 5.75 Å². The van der Waals surface area contributed by atoms with E-state index in [2.05, 4.69) is 25.5 Å². The Hall–Kier alpha value is -3.81. The predicted octanol–water partition coefficient (Wildman–Crippen LogP) is 2.62. The molecule has 0 saturated carbocycles. The molecule has 0 saturated heterocycles. The molecule has 0 bridgehead atoms. The maximum Gasteiger partial charge on any atom is 0.267 e. The van der Waals surface area contributed by atoms with Gasteiger partial charge in [-0.2, -0.15) is 0 Å². The first kappa shape index (κ1) is 16.6. The van der Waals surface area contributed by atoms with Crippen LogP contribution in [0.4, 0.5) is 0 Å². The molecule has 134 valence electrons. The molecule has 0 fully saturated rings. The third-order valence-corrected chi connectivity index (χ3v) is 4.00. The molecule has 0 aliphatic heterocycles. The standard InChI is InChI=1S/C19H15N5O3/c1-26-16-7-6-14(12-4-2-3-5-13(12)16)18(25)22-11-17-23-24-19(27-17)15-10-20-8-9-21-15/h2-10H,11H2,1H3,(H,22,25). The van der Waals surface area contributed by atoms with Crippen LogP contribution in [0, 0.1) is 0 Å². The summed E-state index contributed by atoms with van der Waals surface area (Å²) < 4.78 is 10.9. The van der Waals surface area contributed by atoms with Crippen LogP contribution in [-0.2, 0) is 6.54 Å². The Balaban J connectivity index is 1.52. The Kier molecular flexibility index (Phi) is 4.44. The number of hydrogen-bond acceptors (Lipinski definition) is 7. The zero-order valence-corrected chi connectivity index (χ0v) is 14.4. The van der Waals surface area contributed by atoms with E-state index in [9.17, 15) is 4.79 Å². The van der Waals surface area contributed by atoms with Crippen LogP contribution in [-0.4, -0.2) is 33.2 Å². The summed E-state index contributed by atoms with van der Waals surface area (Å²) in [4.78, 5) is 20.7. The van der Waals surface area contributed by atoms with Crippen molar-refractivity contribution in [3.8, 4) is 17.3 Å². The lowest BCUT2D eigenvalue weighted by Gasteiger charge is -2.10. The molecule has 0 radical (unpaired) electrons. The molecule has 0 spiro atoms. The normalized spacial score (nSPS) is 10.7. The van der Waals surface area contributed by atoms with Gasteiger partial charge in [0.2, 0.25) is 5.89 Å². The Morgan fingerprint density at radius 1 is 1.11 bits per heavy atom. The number of rotatable bonds is 5. The van der Waals surface area contributed by atoms with Crippen molar-refractivity contribution in [3.05, 3.63) is 66.4 Å². The van der Waals surface area contributed by atoms with E-state index in [0.717, 1.165) is 10.8 Å². The van der Waals surface area contributed by atoms with Gasteiger partial charge in [-0.25, -0.2) is 4.98 Å². The molecule has 8 heteroatoms. The summed E-state index contributed by atoms with van der Waals surface area (Å²) in [5, 5.41) is 12.3. The number of carbonyl (C=O) groups is 1. The largest absolute Gasteiger partial charge is 0.496 e. The zero-order chi connectivity index (χ0) is 18.6. The molecule has 0 aliphatic rings. The summed E-state index contributed by atoms with van der Waals surface area (Å²) >= 11 is 0. The maximum absolute atomic E-state index is 12.6. The van der Waals surface area contributed by atoms with Crippen molar-refractivity contribution in [2.24, 2.45) is 0 Å². The lowest BCUT2D eigenvalue weighted by Crippen LogP contribution is -2.23. The Morgan fingerprint density at radius 3 is 2.74 bits per heavy atom. The number of fused-ring (bicyclic) bond motifs is 1. The van der Waals surface area contributed by atoms with E-state index in [1.54, 1.807) is 25.4 Å². The van der Waals surface area contributed by atoms with E-state index in [4.69, 9.17) is 9.15 Å². The number of carbonyl (C=O) groups excluding carboxylic acids is 1. The van der Waals surface area contributed by atoms with Gasteiger partial charge in [-0.15, -0.1) is 10.2 Å². The molecular weight excluding hydrogens is 346 g/mol. The molecular formula is C19H15N5O3. The average Bonchev–Trinajstić information content (AvgIpc) is 3.21. The lowest BCUT2D eigenvalue weighted by atomic mass is 10.0. The number of aromatic nitrogens is 4. The van der Waals surface area contributed by atoms with Gasteiger partial charge in [0.1, 0.15) is 11.4 Å². The van der Waals surface area contributed by atoms with E-state index >= 15 is 0 Å². The van der Waals surface area contributed by atoms with E-state index in [0.29, 0.717) is 17.0 Å². The maximum atomic E-state index is 12.6. The van der Waals surface area contributed by atoms with Gasteiger partial charge >= 0.3 is 0 Å². The molecule has 0 atom stereocenters. The van der Waals surface area contributed by atoms with Crippen molar-refractivity contribution in [1.82, 2.24) is 25.5 Å². The highest BCUT2D eigenvalue weighted by Gasteiger charge is 2.15. The molecule has 4 aromatic rings. The quantitative estimate of drug-likeness (QED) is 0.583.